The van der Waals surface area contributed by atoms with E-state index in [4.69, 9.17) is 18.5 Å². The zero-order valence-corrected chi connectivity index (χ0v) is 37.3. The second kappa shape index (κ2) is 35.9. The van der Waals surface area contributed by atoms with Crippen molar-refractivity contribution in [2.45, 2.75) is 214 Å². The quantitative estimate of drug-likeness (QED) is 0.0286. The standard InChI is InChI=1S/C44H90NO7P/c1-8-10-12-14-16-18-20-22-24-26-28-30-32-41(3)34-35-44(46)52-43(40-51-53(47,48)50-37-36-45(5,6)7)39-49-38-42(4)33-31-29-27-25-23-21-19-17-15-13-11-9-2/h41-43H,8-40H2,1-7H3/p+1/t41?,42?,43-/m1/s1. The monoisotopic (exact) mass is 777 g/mol. The van der Waals surface area contributed by atoms with Crippen LogP contribution in [-0.2, 0) is 27.9 Å². The Morgan fingerprint density at radius 3 is 1.42 bits per heavy atom. The Balaban J connectivity index is 4.43. The number of esters is 1. The summed E-state index contributed by atoms with van der Waals surface area (Å²) >= 11 is 0. The molecule has 0 aliphatic heterocycles. The van der Waals surface area contributed by atoms with Gasteiger partial charge in [0.05, 0.1) is 34.4 Å². The second-order valence-corrected chi connectivity index (χ2v) is 18.8. The van der Waals surface area contributed by atoms with Crippen LogP contribution in [0.25, 0.3) is 0 Å². The van der Waals surface area contributed by atoms with Gasteiger partial charge >= 0.3 is 13.8 Å². The first-order valence-electron chi connectivity index (χ1n) is 22.6. The van der Waals surface area contributed by atoms with E-state index in [1.54, 1.807) is 0 Å². The van der Waals surface area contributed by atoms with Crippen LogP contribution in [0.15, 0.2) is 0 Å². The van der Waals surface area contributed by atoms with Gasteiger partial charge in [-0.2, -0.15) is 0 Å². The summed E-state index contributed by atoms with van der Waals surface area (Å²) in [6.45, 7) is 10.0. The van der Waals surface area contributed by atoms with E-state index in [1.165, 1.54) is 154 Å². The number of hydrogen-bond acceptors (Lipinski definition) is 6. The van der Waals surface area contributed by atoms with Crippen molar-refractivity contribution in [2.24, 2.45) is 11.8 Å². The molecule has 0 heterocycles. The first kappa shape index (κ1) is 52.5. The number of carbonyl (C=O) groups is 1. The summed E-state index contributed by atoms with van der Waals surface area (Å²) in [5.41, 5.74) is 0. The molecule has 8 nitrogen and oxygen atoms in total. The lowest BCUT2D eigenvalue weighted by Gasteiger charge is -2.24. The molecule has 0 fully saturated rings. The van der Waals surface area contributed by atoms with Crippen molar-refractivity contribution in [3.05, 3.63) is 0 Å². The van der Waals surface area contributed by atoms with Crippen LogP contribution < -0.4 is 0 Å². The molecule has 9 heteroatoms. The molecule has 3 unspecified atom stereocenters. The molecule has 0 spiro atoms. The van der Waals surface area contributed by atoms with E-state index in [1.807, 2.05) is 21.1 Å². The van der Waals surface area contributed by atoms with Crippen LogP contribution in [0.4, 0.5) is 0 Å². The first-order chi connectivity index (χ1) is 25.4. The van der Waals surface area contributed by atoms with Gasteiger partial charge in [-0.3, -0.25) is 13.8 Å². The topological polar surface area (TPSA) is 91.3 Å². The number of hydrogen-bond donors (Lipinski definition) is 1. The second-order valence-electron chi connectivity index (χ2n) is 17.4. The van der Waals surface area contributed by atoms with Crippen molar-refractivity contribution >= 4 is 13.8 Å². The summed E-state index contributed by atoms with van der Waals surface area (Å²) in [4.78, 5) is 23.1. The third kappa shape index (κ3) is 39.5. The van der Waals surface area contributed by atoms with Crippen LogP contribution in [0.3, 0.4) is 0 Å². The van der Waals surface area contributed by atoms with Crippen LogP contribution in [0.5, 0.6) is 0 Å². The SMILES string of the molecule is CCCCCCCCCCCCCCC(C)CCC(=O)O[C@H](COCC(C)CCCCCCCCCCCCCC)COP(=O)(O)OCC[N+](C)(C)C. The van der Waals surface area contributed by atoms with E-state index in [0.717, 1.165) is 19.3 Å². The number of ether oxygens (including phenoxy) is 2. The highest BCUT2D eigenvalue weighted by Crippen LogP contribution is 2.43. The van der Waals surface area contributed by atoms with Gasteiger partial charge in [0.15, 0.2) is 0 Å². The molecule has 1 N–H and O–H groups in total. The van der Waals surface area contributed by atoms with Crippen molar-refractivity contribution in [2.75, 3.05) is 54.1 Å². The number of carbonyl (C=O) groups excluding carboxylic acids is 1. The number of quaternary nitrogens is 1. The molecule has 53 heavy (non-hydrogen) atoms. The third-order valence-electron chi connectivity index (χ3n) is 10.4. The average molecular weight is 777 g/mol. The summed E-state index contributed by atoms with van der Waals surface area (Å²) in [7, 11) is 1.67. The third-order valence-corrected chi connectivity index (χ3v) is 11.4. The van der Waals surface area contributed by atoms with Crippen LogP contribution in [-0.4, -0.2) is 75.6 Å². The van der Waals surface area contributed by atoms with Gasteiger partial charge in [-0.1, -0.05) is 188 Å². The van der Waals surface area contributed by atoms with E-state index >= 15 is 0 Å². The molecule has 0 aromatic heterocycles. The Labute approximate surface area is 329 Å². The maximum absolute atomic E-state index is 12.9. The molecule has 0 aromatic rings. The highest BCUT2D eigenvalue weighted by molar-refractivity contribution is 7.47. The Hall–Kier alpha value is -0.500. The zero-order valence-electron chi connectivity index (χ0n) is 36.4. The molecule has 0 aromatic carbocycles. The molecule has 0 radical (unpaired) electrons. The van der Waals surface area contributed by atoms with Gasteiger partial charge < -0.3 is 18.9 Å². The molecule has 0 amide bonds. The van der Waals surface area contributed by atoms with E-state index in [2.05, 4.69) is 27.7 Å². The highest BCUT2D eigenvalue weighted by atomic mass is 31.2. The molecule has 0 bridgehead atoms. The normalized spacial score (nSPS) is 14.9. The number of phosphoric acid groups is 1. The highest BCUT2D eigenvalue weighted by Gasteiger charge is 2.26. The van der Waals surface area contributed by atoms with Crippen LogP contribution in [0.1, 0.15) is 207 Å². The minimum absolute atomic E-state index is 0.0892. The maximum atomic E-state index is 12.9. The molecule has 318 valence electrons. The van der Waals surface area contributed by atoms with Crippen molar-refractivity contribution in [3.8, 4) is 0 Å². The van der Waals surface area contributed by atoms with E-state index in [0.29, 0.717) is 35.9 Å². The predicted molar refractivity (Wildman–Crippen MR) is 224 cm³/mol. The number of phosphoric ester groups is 1. The molecule has 0 aliphatic rings. The summed E-state index contributed by atoms with van der Waals surface area (Å²) in [6, 6.07) is 0. The Morgan fingerprint density at radius 1 is 0.566 bits per heavy atom. The van der Waals surface area contributed by atoms with Gasteiger partial charge in [0.25, 0.3) is 0 Å². The molecular weight excluding hydrogens is 685 g/mol. The summed E-state index contributed by atoms with van der Waals surface area (Å²) in [6.07, 6.45) is 34.7. The van der Waals surface area contributed by atoms with Crippen LogP contribution >= 0.6 is 7.82 Å². The van der Waals surface area contributed by atoms with Crippen molar-refractivity contribution in [3.63, 3.8) is 0 Å². The van der Waals surface area contributed by atoms with E-state index in [9.17, 15) is 14.3 Å². The lowest BCUT2D eigenvalue weighted by atomic mass is 9.97. The predicted octanol–water partition coefficient (Wildman–Crippen LogP) is 13.0. The van der Waals surface area contributed by atoms with Gasteiger partial charge in [-0.15, -0.1) is 0 Å². The molecule has 0 saturated carbocycles. The summed E-state index contributed by atoms with van der Waals surface area (Å²) in [5.74, 6) is 0.524. The van der Waals surface area contributed by atoms with E-state index in [-0.39, 0.29) is 25.8 Å². The summed E-state index contributed by atoms with van der Waals surface area (Å²) in [5, 5.41) is 0. The number of rotatable bonds is 41. The van der Waals surface area contributed by atoms with Gasteiger partial charge in [0.2, 0.25) is 0 Å². The lowest BCUT2D eigenvalue weighted by Crippen LogP contribution is -2.37. The van der Waals surface area contributed by atoms with Crippen molar-refractivity contribution < 1.29 is 37.3 Å². The largest absolute Gasteiger partial charge is 0.472 e. The fourth-order valence-electron chi connectivity index (χ4n) is 6.67. The minimum atomic E-state index is -4.28. The molecule has 4 atom stereocenters. The fourth-order valence-corrected chi connectivity index (χ4v) is 7.41. The van der Waals surface area contributed by atoms with Gasteiger partial charge in [-0.25, -0.2) is 4.57 Å². The van der Waals surface area contributed by atoms with Crippen LogP contribution in [0.2, 0.25) is 0 Å². The number of likely N-dealkylation sites (N-methyl/N-ethyl adjacent to an activating group) is 1. The Kier molecular flexibility index (Phi) is 35.5. The lowest BCUT2D eigenvalue weighted by molar-refractivity contribution is -0.870. The number of nitrogens with zero attached hydrogens (tertiary/aromatic N) is 1. The Morgan fingerprint density at radius 2 is 0.981 bits per heavy atom. The Bertz CT molecular complexity index is 852. The smallest absolute Gasteiger partial charge is 0.457 e. The minimum Gasteiger partial charge on any atom is -0.457 e. The fraction of sp³-hybridized carbons (Fsp3) is 0.977. The van der Waals surface area contributed by atoms with Gasteiger partial charge in [0.1, 0.15) is 19.3 Å². The molecule has 0 saturated heterocycles. The van der Waals surface area contributed by atoms with Crippen LogP contribution in [0, 0.1) is 11.8 Å². The number of unbranched alkanes of at least 4 members (excludes halogenated alkanes) is 22. The van der Waals surface area contributed by atoms with Gasteiger partial charge in [0, 0.05) is 13.0 Å². The van der Waals surface area contributed by atoms with Crippen molar-refractivity contribution in [1.82, 2.24) is 0 Å². The van der Waals surface area contributed by atoms with Crippen molar-refractivity contribution in [1.29, 1.82) is 0 Å². The molecule has 0 aliphatic carbocycles. The maximum Gasteiger partial charge on any atom is 0.472 e. The molecule has 0 rings (SSSR count). The molecular formula is C44H91NO7P+. The van der Waals surface area contributed by atoms with E-state index < -0.39 is 13.9 Å². The summed E-state index contributed by atoms with van der Waals surface area (Å²) < 4.78 is 35.4. The zero-order chi connectivity index (χ0) is 39.5. The average Bonchev–Trinajstić information content (AvgIpc) is 3.10. The first-order valence-corrected chi connectivity index (χ1v) is 24.1. The van der Waals surface area contributed by atoms with Gasteiger partial charge in [-0.05, 0) is 24.7 Å².